The van der Waals surface area contributed by atoms with E-state index in [0.29, 0.717) is 5.92 Å². The normalized spacial score (nSPS) is 29.4. The number of fused-ring (bicyclic) bond motifs is 1. The van der Waals surface area contributed by atoms with Gasteiger partial charge in [-0.15, -0.1) is 0 Å². The van der Waals surface area contributed by atoms with E-state index in [4.69, 9.17) is 0 Å². The molecule has 1 heterocycles. The Hall–Kier alpha value is -0.860. The van der Waals surface area contributed by atoms with Crippen molar-refractivity contribution in [1.82, 2.24) is 4.90 Å². The fourth-order valence-corrected chi connectivity index (χ4v) is 4.86. The van der Waals surface area contributed by atoms with Crippen LogP contribution in [0, 0.1) is 25.2 Å². The van der Waals surface area contributed by atoms with Crippen LogP contribution in [0.1, 0.15) is 55.4 Å². The predicted molar refractivity (Wildman–Crippen MR) is 92.1 cm³/mol. The Kier molecular flexibility index (Phi) is 3.89. The van der Waals surface area contributed by atoms with Gasteiger partial charge < -0.3 is 10.0 Å². The minimum absolute atomic E-state index is 0.0548. The summed E-state index contributed by atoms with van der Waals surface area (Å²) in [5.41, 5.74) is 4.54. The standard InChI is InChI=1S/C20H31NO/c1-14-12-15(2)17-6-9-19(3,4)20(22,18(17)13-14)16-7-10-21(5)11-8-16/h12-13,16,22H,6-11H2,1-5H3. The third-order valence-corrected chi connectivity index (χ3v) is 6.37. The smallest absolute Gasteiger partial charge is 0.0979 e. The van der Waals surface area contributed by atoms with Crippen molar-refractivity contribution >= 4 is 0 Å². The molecule has 2 nitrogen and oxygen atoms in total. The quantitative estimate of drug-likeness (QED) is 0.853. The molecule has 0 saturated carbocycles. The molecular formula is C20H31NO. The van der Waals surface area contributed by atoms with Crippen LogP contribution in [-0.4, -0.2) is 30.1 Å². The summed E-state index contributed by atoms with van der Waals surface area (Å²) in [5.74, 6) is 0.374. The van der Waals surface area contributed by atoms with E-state index in [2.05, 4.69) is 51.8 Å². The molecule has 1 N–H and O–H groups in total. The van der Waals surface area contributed by atoms with Crippen molar-refractivity contribution in [3.8, 4) is 0 Å². The van der Waals surface area contributed by atoms with Crippen LogP contribution < -0.4 is 0 Å². The molecule has 2 aliphatic rings. The maximum Gasteiger partial charge on any atom is 0.0979 e. The highest BCUT2D eigenvalue weighted by Crippen LogP contribution is 2.55. The lowest BCUT2D eigenvalue weighted by Gasteiger charge is -2.54. The lowest BCUT2D eigenvalue weighted by atomic mass is 9.56. The average molecular weight is 301 g/mol. The van der Waals surface area contributed by atoms with Gasteiger partial charge in [0.05, 0.1) is 5.60 Å². The fraction of sp³-hybridized carbons (Fsp3) is 0.700. The van der Waals surface area contributed by atoms with Crippen molar-refractivity contribution < 1.29 is 5.11 Å². The van der Waals surface area contributed by atoms with E-state index in [1.54, 1.807) is 0 Å². The van der Waals surface area contributed by atoms with Gasteiger partial charge in [-0.05, 0) is 87.7 Å². The first-order chi connectivity index (χ1) is 10.3. The third kappa shape index (κ3) is 2.32. The molecule has 1 fully saturated rings. The maximum atomic E-state index is 12.0. The Morgan fingerprint density at radius 2 is 1.77 bits per heavy atom. The van der Waals surface area contributed by atoms with Crippen LogP contribution in [0.3, 0.4) is 0 Å². The summed E-state index contributed by atoms with van der Waals surface area (Å²) in [6, 6.07) is 4.54. The summed E-state index contributed by atoms with van der Waals surface area (Å²) < 4.78 is 0. The molecular weight excluding hydrogens is 270 g/mol. The number of aliphatic hydroxyl groups is 1. The largest absolute Gasteiger partial charge is 0.384 e. The second-order valence-corrected chi connectivity index (χ2v) is 8.34. The van der Waals surface area contributed by atoms with Crippen molar-refractivity contribution in [1.29, 1.82) is 0 Å². The highest BCUT2D eigenvalue weighted by atomic mass is 16.3. The molecule has 0 aromatic heterocycles. The van der Waals surface area contributed by atoms with E-state index in [1.807, 2.05) is 0 Å². The molecule has 1 aromatic carbocycles. The van der Waals surface area contributed by atoms with Gasteiger partial charge in [-0.25, -0.2) is 0 Å². The van der Waals surface area contributed by atoms with Crippen molar-refractivity contribution in [2.75, 3.05) is 20.1 Å². The molecule has 122 valence electrons. The van der Waals surface area contributed by atoms with Crippen LogP contribution in [0.15, 0.2) is 12.1 Å². The lowest BCUT2D eigenvalue weighted by Crippen LogP contribution is -2.53. The Morgan fingerprint density at radius 1 is 1.14 bits per heavy atom. The molecule has 1 aromatic rings. The first-order valence-corrected chi connectivity index (χ1v) is 8.77. The molecule has 1 aliphatic heterocycles. The second kappa shape index (κ2) is 5.35. The number of rotatable bonds is 1. The maximum absolute atomic E-state index is 12.0. The molecule has 0 spiro atoms. The van der Waals surface area contributed by atoms with E-state index in [9.17, 15) is 5.11 Å². The summed E-state index contributed by atoms with van der Waals surface area (Å²) in [5, 5.41) is 12.0. The van der Waals surface area contributed by atoms with Gasteiger partial charge in [0.25, 0.3) is 0 Å². The van der Waals surface area contributed by atoms with Gasteiger partial charge in [-0.1, -0.05) is 31.5 Å². The van der Waals surface area contributed by atoms with Crippen LogP contribution in [0.5, 0.6) is 0 Å². The fourth-order valence-electron chi connectivity index (χ4n) is 4.86. The molecule has 1 atom stereocenters. The van der Waals surface area contributed by atoms with Crippen molar-refractivity contribution in [3.63, 3.8) is 0 Å². The Bertz CT molecular complexity index is 569. The van der Waals surface area contributed by atoms with Gasteiger partial charge >= 0.3 is 0 Å². The summed E-state index contributed by atoms with van der Waals surface area (Å²) in [6.07, 6.45) is 4.38. The number of nitrogens with zero attached hydrogens (tertiary/aromatic N) is 1. The van der Waals surface area contributed by atoms with Crippen LogP contribution in [0.4, 0.5) is 0 Å². The third-order valence-electron chi connectivity index (χ3n) is 6.37. The summed E-state index contributed by atoms with van der Waals surface area (Å²) in [4.78, 5) is 2.39. The van der Waals surface area contributed by atoms with Gasteiger partial charge in [-0.3, -0.25) is 0 Å². The highest BCUT2D eigenvalue weighted by molar-refractivity contribution is 5.45. The SMILES string of the molecule is Cc1cc(C)c2c(c1)C(O)(C1CCN(C)CC1)C(C)(C)CC2. The number of likely N-dealkylation sites (tertiary alicyclic amines) is 1. The molecule has 1 saturated heterocycles. The molecule has 0 bridgehead atoms. The summed E-state index contributed by atoms with van der Waals surface area (Å²) in [7, 11) is 2.19. The Labute approximate surface area is 135 Å². The Balaban J connectivity index is 2.12. The minimum atomic E-state index is -0.682. The van der Waals surface area contributed by atoms with Gasteiger partial charge in [0.1, 0.15) is 0 Å². The van der Waals surface area contributed by atoms with E-state index in [1.165, 1.54) is 22.3 Å². The van der Waals surface area contributed by atoms with Gasteiger partial charge in [0.15, 0.2) is 0 Å². The van der Waals surface area contributed by atoms with Gasteiger partial charge in [-0.2, -0.15) is 0 Å². The van der Waals surface area contributed by atoms with E-state index < -0.39 is 5.60 Å². The van der Waals surface area contributed by atoms with Crippen LogP contribution in [0.2, 0.25) is 0 Å². The van der Waals surface area contributed by atoms with Gasteiger partial charge in [0.2, 0.25) is 0 Å². The topological polar surface area (TPSA) is 23.5 Å². The van der Waals surface area contributed by atoms with E-state index >= 15 is 0 Å². The molecule has 22 heavy (non-hydrogen) atoms. The Morgan fingerprint density at radius 3 is 2.41 bits per heavy atom. The zero-order valence-corrected chi connectivity index (χ0v) is 14.9. The van der Waals surface area contributed by atoms with Crippen molar-refractivity contribution in [2.45, 2.75) is 59.0 Å². The average Bonchev–Trinajstić information content (AvgIpc) is 2.44. The minimum Gasteiger partial charge on any atom is -0.384 e. The monoisotopic (exact) mass is 301 g/mol. The first kappa shape index (κ1) is 16.0. The number of piperidine rings is 1. The van der Waals surface area contributed by atoms with Crippen molar-refractivity contribution in [3.05, 3.63) is 34.4 Å². The van der Waals surface area contributed by atoms with Crippen LogP contribution >= 0.6 is 0 Å². The second-order valence-electron chi connectivity index (χ2n) is 8.34. The zero-order chi connectivity index (χ0) is 16.1. The lowest BCUT2D eigenvalue weighted by molar-refractivity contribution is -0.142. The molecule has 2 heteroatoms. The number of benzene rings is 1. The van der Waals surface area contributed by atoms with Crippen LogP contribution in [0.25, 0.3) is 0 Å². The van der Waals surface area contributed by atoms with Crippen LogP contribution in [-0.2, 0) is 12.0 Å². The molecule has 1 aliphatic carbocycles. The summed E-state index contributed by atoms with van der Waals surface area (Å²) in [6.45, 7) is 11.1. The van der Waals surface area contributed by atoms with E-state index in [-0.39, 0.29) is 5.41 Å². The highest BCUT2D eigenvalue weighted by Gasteiger charge is 2.53. The number of aryl methyl sites for hydroxylation is 2. The molecule has 1 unspecified atom stereocenters. The van der Waals surface area contributed by atoms with Gasteiger partial charge in [0, 0.05) is 0 Å². The van der Waals surface area contributed by atoms with Crippen molar-refractivity contribution in [2.24, 2.45) is 11.3 Å². The zero-order valence-electron chi connectivity index (χ0n) is 14.9. The molecule has 3 rings (SSSR count). The molecule has 0 radical (unpaired) electrons. The van der Waals surface area contributed by atoms with E-state index in [0.717, 1.165) is 38.8 Å². The molecule has 0 amide bonds. The summed E-state index contributed by atoms with van der Waals surface area (Å²) >= 11 is 0. The first-order valence-electron chi connectivity index (χ1n) is 8.77. The predicted octanol–water partition coefficient (Wildman–Crippen LogP) is 3.81. The number of hydrogen-bond donors (Lipinski definition) is 1. The number of hydrogen-bond acceptors (Lipinski definition) is 2.